The van der Waals surface area contributed by atoms with Crippen molar-refractivity contribution in [3.8, 4) is 5.75 Å². The maximum atomic E-state index is 12.6. The first-order valence-electron chi connectivity index (χ1n) is 7.07. The average molecular weight is 378 g/mol. The van der Waals surface area contributed by atoms with Gasteiger partial charge in [0.1, 0.15) is 10.6 Å². The number of sulfonamides is 1. The van der Waals surface area contributed by atoms with E-state index in [4.69, 9.17) is 4.74 Å². The first kappa shape index (κ1) is 16.7. The van der Waals surface area contributed by atoms with Crippen molar-refractivity contribution < 1.29 is 18.3 Å². The third-order valence-corrected chi connectivity index (χ3v) is 5.54. The second-order valence-corrected chi connectivity index (χ2v) is 7.70. The van der Waals surface area contributed by atoms with Crippen molar-refractivity contribution >= 4 is 26.0 Å². The lowest BCUT2D eigenvalue weighted by atomic mass is 9.93. The van der Waals surface area contributed by atoms with Crippen molar-refractivity contribution in [2.45, 2.75) is 49.6 Å². The van der Waals surface area contributed by atoms with Crippen LogP contribution in [0.4, 0.5) is 0 Å². The highest BCUT2D eigenvalue weighted by molar-refractivity contribution is 9.10. The van der Waals surface area contributed by atoms with Crippen LogP contribution < -0.4 is 9.46 Å². The van der Waals surface area contributed by atoms with Crippen LogP contribution in [0.1, 0.15) is 32.6 Å². The molecule has 1 saturated carbocycles. The van der Waals surface area contributed by atoms with Gasteiger partial charge in [0, 0.05) is 10.5 Å². The molecule has 0 amide bonds. The smallest absolute Gasteiger partial charge is 0.244 e. The zero-order chi connectivity index (χ0) is 15.5. The number of aliphatic hydroxyl groups excluding tert-OH is 1. The fourth-order valence-corrected chi connectivity index (χ4v) is 4.47. The molecule has 1 aromatic carbocycles. The highest BCUT2D eigenvalue weighted by Gasteiger charge is 2.29. The molecule has 2 rings (SSSR count). The third kappa shape index (κ3) is 4.18. The average Bonchev–Trinajstić information content (AvgIpc) is 2.43. The molecule has 7 heteroatoms. The highest BCUT2D eigenvalue weighted by Crippen LogP contribution is 2.29. The van der Waals surface area contributed by atoms with Crippen molar-refractivity contribution in [1.82, 2.24) is 4.72 Å². The van der Waals surface area contributed by atoms with Crippen LogP contribution in [0.2, 0.25) is 0 Å². The van der Waals surface area contributed by atoms with Crippen molar-refractivity contribution in [3.05, 3.63) is 22.7 Å². The van der Waals surface area contributed by atoms with E-state index in [2.05, 4.69) is 20.7 Å². The molecule has 0 unspecified atom stereocenters. The van der Waals surface area contributed by atoms with E-state index in [1.165, 1.54) is 6.07 Å². The van der Waals surface area contributed by atoms with E-state index in [9.17, 15) is 13.5 Å². The molecule has 0 saturated heterocycles. The third-order valence-electron chi connectivity index (χ3n) is 3.53. The normalized spacial score (nSPS) is 23.0. The molecule has 118 valence electrons. The minimum atomic E-state index is -3.73. The fourth-order valence-electron chi connectivity index (χ4n) is 2.48. The predicted molar refractivity (Wildman–Crippen MR) is 83.9 cm³/mol. The van der Waals surface area contributed by atoms with E-state index in [0.717, 1.165) is 12.8 Å². The molecule has 5 nitrogen and oxygen atoms in total. The summed E-state index contributed by atoms with van der Waals surface area (Å²) in [5.74, 6) is 0.318. The molecule has 0 radical (unpaired) electrons. The summed E-state index contributed by atoms with van der Waals surface area (Å²) in [6.45, 7) is 2.19. The molecule has 0 bridgehead atoms. The summed E-state index contributed by atoms with van der Waals surface area (Å²) in [7, 11) is -3.73. The van der Waals surface area contributed by atoms with Gasteiger partial charge < -0.3 is 9.84 Å². The minimum Gasteiger partial charge on any atom is -0.492 e. The van der Waals surface area contributed by atoms with Crippen LogP contribution in [-0.2, 0) is 10.0 Å². The minimum absolute atomic E-state index is 0.0940. The van der Waals surface area contributed by atoms with Crippen LogP contribution >= 0.6 is 15.9 Å². The molecule has 2 atom stereocenters. The van der Waals surface area contributed by atoms with Gasteiger partial charge in [-0.3, -0.25) is 0 Å². The maximum Gasteiger partial charge on any atom is 0.244 e. The zero-order valence-electron chi connectivity index (χ0n) is 11.9. The van der Waals surface area contributed by atoms with Gasteiger partial charge in [0.05, 0.1) is 12.7 Å². The van der Waals surface area contributed by atoms with Gasteiger partial charge in [0.2, 0.25) is 10.0 Å². The molecule has 0 heterocycles. The number of ether oxygens (including phenoxy) is 1. The molecule has 1 aromatic rings. The molecule has 1 fully saturated rings. The summed E-state index contributed by atoms with van der Waals surface area (Å²) >= 11 is 3.28. The summed E-state index contributed by atoms with van der Waals surface area (Å²) in [5.41, 5.74) is 0. The first-order chi connectivity index (χ1) is 9.94. The molecule has 1 aliphatic carbocycles. The second-order valence-electron chi connectivity index (χ2n) is 5.10. The zero-order valence-corrected chi connectivity index (χ0v) is 14.3. The van der Waals surface area contributed by atoms with Crippen molar-refractivity contribution in [2.24, 2.45) is 0 Å². The number of halogens is 1. The first-order valence-corrected chi connectivity index (χ1v) is 9.34. The van der Waals surface area contributed by atoms with Gasteiger partial charge >= 0.3 is 0 Å². The summed E-state index contributed by atoms with van der Waals surface area (Å²) in [6, 6.07) is 4.44. The Morgan fingerprint density at radius 2 is 2.10 bits per heavy atom. The lowest BCUT2D eigenvalue weighted by Gasteiger charge is -2.28. The van der Waals surface area contributed by atoms with Crippen LogP contribution in [0.25, 0.3) is 0 Å². The van der Waals surface area contributed by atoms with E-state index in [0.29, 0.717) is 29.7 Å². The summed E-state index contributed by atoms with van der Waals surface area (Å²) in [4.78, 5) is 0.0940. The summed E-state index contributed by atoms with van der Waals surface area (Å²) < 4.78 is 33.8. The Morgan fingerprint density at radius 3 is 2.76 bits per heavy atom. The topological polar surface area (TPSA) is 75.6 Å². The largest absolute Gasteiger partial charge is 0.492 e. The Morgan fingerprint density at radius 1 is 1.38 bits per heavy atom. The molecule has 1 aliphatic rings. The van der Waals surface area contributed by atoms with Crippen molar-refractivity contribution in [2.75, 3.05) is 6.61 Å². The van der Waals surface area contributed by atoms with Gasteiger partial charge in [0.15, 0.2) is 0 Å². The molecule has 21 heavy (non-hydrogen) atoms. The van der Waals surface area contributed by atoms with E-state index < -0.39 is 22.2 Å². The lowest BCUT2D eigenvalue weighted by molar-refractivity contribution is 0.101. The van der Waals surface area contributed by atoms with Crippen LogP contribution in [0.3, 0.4) is 0 Å². The van der Waals surface area contributed by atoms with Gasteiger partial charge in [-0.05, 0) is 38.0 Å². The summed E-state index contributed by atoms with van der Waals surface area (Å²) in [5, 5.41) is 9.94. The van der Waals surface area contributed by atoms with E-state index in [1.54, 1.807) is 19.1 Å². The number of hydrogen-bond donors (Lipinski definition) is 2. The van der Waals surface area contributed by atoms with Crippen molar-refractivity contribution in [3.63, 3.8) is 0 Å². The summed E-state index contributed by atoms with van der Waals surface area (Å²) in [6.07, 6.45) is 2.50. The molecule has 2 N–H and O–H groups in total. The Bertz CT molecular complexity index is 591. The maximum absolute atomic E-state index is 12.6. The Hall–Kier alpha value is -0.630. The van der Waals surface area contributed by atoms with E-state index >= 15 is 0 Å². The standard InChI is InChI=1S/C14H20BrNO4S/c1-2-20-13-8-7-10(15)9-14(13)21(18,19)16-11-5-3-4-6-12(11)17/h7-9,11-12,16-17H,2-6H2,1H3/t11-,12-/m0/s1. The van der Waals surface area contributed by atoms with Gasteiger partial charge in [-0.1, -0.05) is 28.8 Å². The Kier molecular flexibility index (Phi) is 5.65. The fraction of sp³-hybridized carbons (Fsp3) is 0.571. The van der Waals surface area contributed by atoms with Gasteiger partial charge in [-0.2, -0.15) is 0 Å². The SMILES string of the molecule is CCOc1ccc(Br)cc1S(=O)(=O)N[C@H]1CCCC[C@@H]1O. The molecular weight excluding hydrogens is 358 g/mol. The number of rotatable bonds is 5. The molecule has 0 aromatic heterocycles. The number of hydrogen-bond acceptors (Lipinski definition) is 4. The number of nitrogens with one attached hydrogen (secondary N) is 1. The van der Waals surface area contributed by atoms with Crippen LogP contribution in [0.5, 0.6) is 5.75 Å². The molecule has 0 aliphatic heterocycles. The van der Waals surface area contributed by atoms with Crippen LogP contribution in [-0.4, -0.2) is 32.3 Å². The number of aliphatic hydroxyl groups is 1. The highest BCUT2D eigenvalue weighted by atomic mass is 79.9. The Balaban J connectivity index is 2.28. The van der Waals surface area contributed by atoms with E-state index in [-0.39, 0.29) is 4.90 Å². The lowest BCUT2D eigenvalue weighted by Crippen LogP contribution is -2.45. The van der Waals surface area contributed by atoms with Crippen LogP contribution in [0, 0.1) is 0 Å². The quantitative estimate of drug-likeness (QED) is 0.825. The monoisotopic (exact) mass is 377 g/mol. The van der Waals surface area contributed by atoms with Gasteiger partial charge in [0.25, 0.3) is 0 Å². The molecule has 0 spiro atoms. The van der Waals surface area contributed by atoms with Crippen molar-refractivity contribution in [1.29, 1.82) is 0 Å². The predicted octanol–water partition coefficient (Wildman–Crippen LogP) is 2.43. The van der Waals surface area contributed by atoms with E-state index in [1.807, 2.05) is 0 Å². The molecular formula is C14H20BrNO4S. The number of benzene rings is 1. The Labute approximate surface area is 133 Å². The van der Waals surface area contributed by atoms with Gasteiger partial charge in [-0.15, -0.1) is 0 Å². The van der Waals surface area contributed by atoms with Crippen LogP contribution in [0.15, 0.2) is 27.6 Å². The van der Waals surface area contributed by atoms with Gasteiger partial charge in [-0.25, -0.2) is 13.1 Å². The second kappa shape index (κ2) is 7.09.